The van der Waals surface area contributed by atoms with E-state index in [1.165, 1.54) is 7.11 Å². The Kier molecular flexibility index (Phi) is 4.78. The van der Waals surface area contributed by atoms with E-state index in [9.17, 15) is 4.79 Å². The third-order valence-electron chi connectivity index (χ3n) is 2.38. The Bertz CT molecular complexity index is 392. The fourth-order valence-electron chi connectivity index (χ4n) is 1.40. The van der Waals surface area contributed by atoms with Crippen LogP contribution in [0.15, 0.2) is 18.2 Å². The van der Waals surface area contributed by atoms with Crippen molar-refractivity contribution in [3.8, 4) is 11.5 Å². The van der Waals surface area contributed by atoms with Gasteiger partial charge in [0.05, 0.1) is 7.11 Å². The maximum Gasteiger partial charge on any atom is 0.344 e. The minimum Gasteiger partial charge on any atom is -0.493 e. The van der Waals surface area contributed by atoms with Gasteiger partial charge in [-0.3, -0.25) is 0 Å². The van der Waals surface area contributed by atoms with Crippen LogP contribution in [0.5, 0.6) is 11.5 Å². The average Bonchev–Trinajstić information content (AvgIpc) is 2.35. The number of nitrogens with two attached hydrogens (primary N) is 1. The summed E-state index contributed by atoms with van der Waals surface area (Å²) in [5.41, 5.74) is 6.41. The van der Waals surface area contributed by atoms with Gasteiger partial charge in [0.15, 0.2) is 17.6 Å². The van der Waals surface area contributed by atoms with Crippen LogP contribution in [0, 0.1) is 0 Å². The molecule has 0 fully saturated rings. The lowest BCUT2D eigenvalue weighted by molar-refractivity contribution is -0.145. The van der Waals surface area contributed by atoms with Crippen molar-refractivity contribution in [2.75, 3.05) is 7.11 Å². The highest BCUT2D eigenvalue weighted by Gasteiger charge is 2.18. The lowest BCUT2D eigenvalue weighted by Gasteiger charge is -2.16. The summed E-state index contributed by atoms with van der Waals surface area (Å²) in [5.74, 6) is -0.0796. The van der Waals surface area contributed by atoms with Gasteiger partial charge in [-0.1, -0.05) is 13.0 Å². The van der Waals surface area contributed by atoms with Gasteiger partial charge in [0.25, 0.3) is 0 Å². The minimum absolute atomic E-state index is 0.386. The number of hydrogen-bond donors (Lipinski definition) is 2. The summed E-state index contributed by atoms with van der Waals surface area (Å²) in [7, 11) is 1.50. The zero-order chi connectivity index (χ0) is 12.8. The van der Waals surface area contributed by atoms with Crippen LogP contribution in [0.2, 0.25) is 0 Å². The molecule has 0 aromatic heterocycles. The third-order valence-corrected chi connectivity index (χ3v) is 2.38. The van der Waals surface area contributed by atoms with E-state index in [0.29, 0.717) is 24.5 Å². The molecular formula is C12H17NO4. The van der Waals surface area contributed by atoms with Gasteiger partial charge in [0.2, 0.25) is 0 Å². The van der Waals surface area contributed by atoms with Crippen LogP contribution in [0.3, 0.4) is 0 Å². The van der Waals surface area contributed by atoms with Gasteiger partial charge in [-0.2, -0.15) is 0 Å². The molecule has 0 saturated carbocycles. The van der Waals surface area contributed by atoms with Crippen molar-refractivity contribution in [1.29, 1.82) is 0 Å². The molecule has 1 aromatic rings. The van der Waals surface area contributed by atoms with Crippen molar-refractivity contribution < 1.29 is 19.4 Å². The van der Waals surface area contributed by atoms with Crippen molar-refractivity contribution in [3.05, 3.63) is 23.8 Å². The summed E-state index contributed by atoms with van der Waals surface area (Å²) in [6.07, 6.45) is -0.482. The number of hydrogen-bond acceptors (Lipinski definition) is 4. The first-order chi connectivity index (χ1) is 8.12. The highest BCUT2D eigenvalue weighted by atomic mass is 16.5. The number of carboxylic acids is 1. The number of rotatable bonds is 6. The molecule has 0 spiro atoms. The van der Waals surface area contributed by atoms with Gasteiger partial charge < -0.3 is 20.3 Å². The topological polar surface area (TPSA) is 81.8 Å². The van der Waals surface area contributed by atoms with Gasteiger partial charge in [0, 0.05) is 6.54 Å². The zero-order valence-electron chi connectivity index (χ0n) is 9.97. The predicted molar refractivity (Wildman–Crippen MR) is 63.2 cm³/mol. The summed E-state index contributed by atoms with van der Waals surface area (Å²) < 4.78 is 10.5. The van der Waals surface area contributed by atoms with Crippen LogP contribution < -0.4 is 15.2 Å². The number of carboxylic acid groups (broad SMARTS) is 1. The van der Waals surface area contributed by atoms with Crippen molar-refractivity contribution in [2.24, 2.45) is 5.73 Å². The Balaban J connectivity index is 2.93. The normalized spacial score (nSPS) is 11.9. The quantitative estimate of drug-likeness (QED) is 0.784. The summed E-state index contributed by atoms with van der Waals surface area (Å²) in [6.45, 7) is 2.15. The van der Waals surface area contributed by atoms with Gasteiger partial charge in [-0.05, 0) is 24.1 Å². The SMILES string of the molecule is CCC(Oc1ccc(CN)cc1OC)C(=O)O. The summed E-state index contributed by atoms with van der Waals surface area (Å²) >= 11 is 0. The first kappa shape index (κ1) is 13.3. The number of benzene rings is 1. The van der Waals surface area contributed by atoms with Crippen LogP contribution in [0.25, 0.3) is 0 Å². The van der Waals surface area contributed by atoms with Crippen LogP contribution in [-0.2, 0) is 11.3 Å². The molecule has 0 amide bonds. The van der Waals surface area contributed by atoms with E-state index in [-0.39, 0.29) is 0 Å². The molecule has 0 saturated heterocycles. The molecule has 0 radical (unpaired) electrons. The minimum atomic E-state index is -0.988. The Morgan fingerprint density at radius 2 is 2.18 bits per heavy atom. The van der Waals surface area contributed by atoms with Crippen LogP contribution in [0.4, 0.5) is 0 Å². The fourth-order valence-corrected chi connectivity index (χ4v) is 1.40. The lowest BCUT2D eigenvalue weighted by Crippen LogP contribution is -2.26. The molecule has 1 aromatic carbocycles. The van der Waals surface area contributed by atoms with Crippen LogP contribution in [0.1, 0.15) is 18.9 Å². The predicted octanol–water partition coefficient (Wildman–Crippen LogP) is 1.40. The van der Waals surface area contributed by atoms with E-state index in [2.05, 4.69) is 0 Å². The second kappa shape index (κ2) is 6.10. The maximum absolute atomic E-state index is 10.9. The van der Waals surface area contributed by atoms with Gasteiger partial charge in [-0.15, -0.1) is 0 Å². The number of aliphatic carboxylic acids is 1. The number of methoxy groups -OCH3 is 1. The molecule has 5 heteroatoms. The first-order valence-corrected chi connectivity index (χ1v) is 5.38. The Labute approximate surface area is 100 Å². The zero-order valence-corrected chi connectivity index (χ0v) is 9.97. The largest absolute Gasteiger partial charge is 0.493 e. The lowest BCUT2D eigenvalue weighted by atomic mass is 10.2. The van der Waals surface area contributed by atoms with E-state index in [4.69, 9.17) is 20.3 Å². The smallest absolute Gasteiger partial charge is 0.344 e. The van der Waals surface area contributed by atoms with Gasteiger partial charge in [-0.25, -0.2) is 4.79 Å². The summed E-state index contributed by atoms with van der Waals surface area (Å²) in [4.78, 5) is 10.9. The standard InChI is InChI=1S/C12H17NO4/c1-3-9(12(14)15)17-10-5-4-8(7-13)6-11(10)16-2/h4-6,9H,3,7,13H2,1-2H3,(H,14,15). The monoisotopic (exact) mass is 239 g/mol. The molecule has 1 atom stereocenters. The second-order valence-corrected chi connectivity index (χ2v) is 3.54. The van der Waals surface area contributed by atoms with E-state index < -0.39 is 12.1 Å². The van der Waals surface area contributed by atoms with E-state index in [1.807, 2.05) is 0 Å². The van der Waals surface area contributed by atoms with Crippen molar-refractivity contribution in [1.82, 2.24) is 0 Å². The van der Waals surface area contributed by atoms with Crippen LogP contribution in [-0.4, -0.2) is 24.3 Å². The molecule has 1 unspecified atom stereocenters. The van der Waals surface area contributed by atoms with E-state index >= 15 is 0 Å². The average molecular weight is 239 g/mol. The molecule has 94 valence electrons. The highest BCUT2D eigenvalue weighted by Crippen LogP contribution is 2.29. The molecule has 17 heavy (non-hydrogen) atoms. The maximum atomic E-state index is 10.9. The number of ether oxygens (including phenoxy) is 2. The van der Waals surface area contributed by atoms with Gasteiger partial charge in [0.1, 0.15) is 0 Å². The molecule has 0 heterocycles. The summed E-state index contributed by atoms with van der Waals surface area (Å²) in [6, 6.07) is 5.20. The Morgan fingerprint density at radius 3 is 2.65 bits per heavy atom. The van der Waals surface area contributed by atoms with Crippen molar-refractivity contribution in [2.45, 2.75) is 26.0 Å². The molecule has 5 nitrogen and oxygen atoms in total. The van der Waals surface area contributed by atoms with Crippen molar-refractivity contribution >= 4 is 5.97 Å². The first-order valence-electron chi connectivity index (χ1n) is 5.38. The van der Waals surface area contributed by atoms with Gasteiger partial charge >= 0.3 is 5.97 Å². The van der Waals surface area contributed by atoms with Crippen molar-refractivity contribution in [3.63, 3.8) is 0 Å². The molecule has 3 N–H and O–H groups in total. The second-order valence-electron chi connectivity index (χ2n) is 3.54. The molecule has 0 aliphatic rings. The molecule has 0 aliphatic carbocycles. The number of carbonyl (C=O) groups is 1. The molecular weight excluding hydrogens is 222 g/mol. The highest BCUT2D eigenvalue weighted by molar-refractivity contribution is 5.72. The van der Waals surface area contributed by atoms with E-state index in [1.54, 1.807) is 25.1 Å². The molecule has 1 rings (SSSR count). The molecule has 0 bridgehead atoms. The Hall–Kier alpha value is -1.75. The van der Waals surface area contributed by atoms with E-state index in [0.717, 1.165) is 5.56 Å². The third kappa shape index (κ3) is 3.35. The Morgan fingerprint density at radius 1 is 1.47 bits per heavy atom. The summed E-state index contributed by atoms with van der Waals surface area (Å²) in [5, 5.41) is 8.91. The fraction of sp³-hybridized carbons (Fsp3) is 0.417. The van der Waals surface area contributed by atoms with Crippen LogP contribution >= 0.6 is 0 Å². The molecule has 0 aliphatic heterocycles.